The average Bonchev–Trinajstić information content (AvgIpc) is 2.69. The lowest BCUT2D eigenvalue weighted by Gasteiger charge is -2.27. The third-order valence-corrected chi connectivity index (χ3v) is 3.74. The number of carbonyl (C=O) groups is 1. The Morgan fingerprint density at radius 3 is 2.95 bits per heavy atom. The molecule has 1 amide bonds. The third kappa shape index (κ3) is 2.78. The third-order valence-electron chi connectivity index (χ3n) is 3.74. The highest BCUT2D eigenvalue weighted by Gasteiger charge is 2.20. The lowest BCUT2D eigenvalue weighted by molar-refractivity contribution is 0.0303. The molecule has 0 radical (unpaired) electrons. The van der Waals surface area contributed by atoms with E-state index in [9.17, 15) is 4.79 Å². The highest BCUT2D eigenvalue weighted by Crippen LogP contribution is 2.23. The van der Waals surface area contributed by atoms with E-state index in [0.29, 0.717) is 39.0 Å². The van der Waals surface area contributed by atoms with Crippen LogP contribution >= 0.6 is 0 Å². The van der Waals surface area contributed by atoms with E-state index in [2.05, 4.69) is 12.2 Å². The molecule has 1 aromatic rings. The molecule has 0 bridgehead atoms. The Bertz CT molecular complexity index is 498. The Morgan fingerprint density at radius 1 is 1.35 bits per heavy atom. The molecule has 1 atom stereocenters. The molecule has 1 saturated heterocycles. The van der Waals surface area contributed by atoms with Gasteiger partial charge in [0.25, 0.3) is 5.91 Å². The van der Waals surface area contributed by atoms with E-state index in [1.165, 1.54) is 0 Å². The van der Waals surface area contributed by atoms with Gasteiger partial charge in [-0.15, -0.1) is 0 Å². The molecule has 0 saturated carbocycles. The van der Waals surface area contributed by atoms with Crippen molar-refractivity contribution in [1.82, 2.24) is 10.2 Å². The number of carbonyl (C=O) groups excluding carboxylic acids is 1. The summed E-state index contributed by atoms with van der Waals surface area (Å²) in [5, 5.41) is 3.38. The molecule has 0 unspecified atom stereocenters. The van der Waals surface area contributed by atoms with Crippen LogP contribution in [0.15, 0.2) is 18.2 Å². The van der Waals surface area contributed by atoms with Crippen molar-refractivity contribution < 1.29 is 14.3 Å². The van der Waals surface area contributed by atoms with Crippen LogP contribution in [0.25, 0.3) is 0 Å². The zero-order chi connectivity index (χ0) is 13.9. The minimum absolute atomic E-state index is 0.0772. The number of hydrogen-bond acceptors (Lipinski definition) is 4. The van der Waals surface area contributed by atoms with Gasteiger partial charge in [0.05, 0.1) is 13.2 Å². The fourth-order valence-corrected chi connectivity index (χ4v) is 2.50. The molecule has 1 fully saturated rings. The molecule has 20 heavy (non-hydrogen) atoms. The zero-order valence-electron chi connectivity index (χ0n) is 11.7. The second kappa shape index (κ2) is 5.81. The van der Waals surface area contributed by atoms with E-state index >= 15 is 0 Å². The van der Waals surface area contributed by atoms with Crippen molar-refractivity contribution in [3.63, 3.8) is 0 Å². The number of fused-ring (bicyclic) bond motifs is 1. The normalized spacial score (nSPS) is 22.6. The summed E-state index contributed by atoms with van der Waals surface area (Å²) < 4.78 is 11.0. The summed E-state index contributed by atoms with van der Waals surface area (Å²) in [6.45, 7) is 6.07. The first-order valence-electron chi connectivity index (χ1n) is 7.10. The van der Waals surface area contributed by atoms with Crippen LogP contribution < -0.4 is 10.1 Å². The fourth-order valence-electron chi connectivity index (χ4n) is 2.50. The summed E-state index contributed by atoms with van der Waals surface area (Å²) in [5.74, 6) is 0.953. The lowest BCUT2D eigenvalue weighted by atomic mass is 10.1. The Balaban J connectivity index is 1.79. The maximum absolute atomic E-state index is 12.4. The van der Waals surface area contributed by atoms with Gasteiger partial charge in [-0.3, -0.25) is 4.79 Å². The molecule has 5 nitrogen and oxygen atoms in total. The van der Waals surface area contributed by atoms with Crippen LogP contribution in [0.4, 0.5) is 0 Å². The molecule has 2 aliphatic rings. The lowest BCUT2D eigenvalue weighted by Crippen LogP contribution is -2.40. The first-order valence-corrected chi connectivity index (χ1v) is 7.10. The van der Waals surface area contributed by atoms with Gasteiger partial charge in [-0.2, -0.15) is 0 Å². The van der Waals surface area contributed by atoms with E-state index < -0.39 is 0 Å². The molecule has 2 heterocycles. The van der Waals surface area contributed by atoms with Gasteiger partial charge in [0, 0.05) is 36.8 Å². The Hall–Kier alpha value is -1.59. The number of nitrogens with zero attached hydrogens (tertiary/aromatic N) is 1. The molecule has 2 aliphatic heterocycles. The van der Waals surface area contributed by atoms with E-state index in [1.807, 2.05) is 23.1 Å². The van der Waals surface area contributed by atoms with Crippen molar-refractivity contribution in [2.24, 2.45) is 0 Å². The summed E-state index contributed by atoms with van der Waals surface area (Å²) in [7, 11) is 0. The van der Waals surface area contributed by atoms with Gasteiger partial charge in [-0.1, -0.05) is 0 Å². The number of nitrogens with one attached hydrogen (secondary N) is 1. The Kier molecular flexibility index (Phi) is 3.89. The van der Waals surface area contributed by atoms with Crippen LogP contribution in [-0.4, -0.2) is 49.8 Å². The largest absolute Gasteiger partial charge is 0.492 e. The van der Waals surface area contributed by atoms with Crippen LogP contribution in [0.3, 0.4) is 0 Å². The van der Waals surface area contributed by atoms with Gasteiger partial charge < -0.3 is 19.7 Å². The second-order valence-corrected chi connectivity index (χ2v) is 5.32. The van der Waals surface area contributed by atoms with Crippen LogP contribution in [0, 0.1) is 0 Å². The summed E-state index contributed by atoms with van der Waals surface area (Å²) in [5.41, 5.74) is 1.78. The van der Waals surface area contributed by atoms with E-state index in [-0.39, 0.29) is 5.91 Å². The van der Waals surface area contributed by atoms with Crippen LogP contribution in [0.5, 0.6) is 5.75 Å². The maximum atomic E-state index is 12.4. The molecular formula is C15H20N2O3. The van der Waals surface area contributed by atoms with Gasteiger partial charge in [0.1, 0.15) is 12.4 Å². The maximum Gasteiger partial charge on any atom is 0.254 e. The number of benzene rings is 1. The number of ether oxygens (including phenoxy) is 2. The fraction of sp³-hybridized carbons (Fsp3) is 0.533. The van der Waals surface area contributed by atoms with Crippen molar-refractivity contribution in [3.8, 4) is 5.75 Å². The van der Waals surface area contributed by atoms with Crippen LogP contribution in [0.1, 0.15) is 22.8 Å². The monoisotopic (exact) mass is 276 g/mol. The Labute approximate surface area is 118 Å². The molecule has 5 heteroatoms. The van der Waals surface area contributed by atoms with Crippen molar-refractivity contribution in [1.29, 1.82) is 0 Å². The highest BCUT2D eigenvalue weighted by molar-refractivity contribution is 5.94. The molecule has 3 rings (SSSR count). The van der Waals surface area contributed by atoms with Gasteiger partial charge in [0.15, 0.2) is 0 Å². The number of amides is 1. The standard InChI is InChI=1S/C15H20N2O3/c1-11-10-20-14-3-2-12(8-13(14)9-16-11)15(18)17-4-6-19-7-5-17/h2-3,8,11,16H,4-7,9-10H2,1H3/t11-/m0/s1. The van der Waals surface area contributed by atoms with Crippen molar-refractivity contribution in [2.75, 3.05) is 32.9 Å². The highest BCUT2D eigenvalue weighted by atomic mass is 16.5. The minimum Gasteiger partial charge on any atom is -0.492 e. The number of hydrogen-bond donors (Lipinski definition) is 1. The molecule has 0 spiro atoms. The SMILES string of the molecule is C[C@H]1COc2ccc(C(=O)N3CCOCC3)cc2CN1. The topological polar surface area (TPSA) is 50.8 Å². The molecule has 108 valence electrons. The smallest absolute Gasteiger partial charge is 0.254 e. The number of rotatable bonds is 1. The molecular weight excluding hydrogens is 256 g/mol. The molecule has 1 N–H and O–H groups in total. The van der Waals surface area contributed by atoms with Crippen molar-refractivity contribution in [3.05, 3.63) is 29.3 Å². The first kappa shape index (κ1) is 13.4. The summed E-state index contributed by atoms with van der Waals surface area (Å²) >= 11 is 0. The Morgan fingerprint density at radius 2 is 2.15 bits per heavy atom. The van der Waals surface area contributed by atoms with Crippen molar-refractivity contribution >= 4 is 5.91 Å². The summed E-state index contributed by atoms with van der Waals surface area (Å²) in [4.78, 5) is 14.3. The quantitative estimate of drug-likeness (QED) is 0.832. The van der Waals surface area contributed by atoms with Gasteiger partial charge in [-0.05, 0) is 25.1 Å². The van der Waals surface area contributed by atoms with Crippen molar-refractivity contribution in [2.45, 2.75) is 19.5 Å². The summed E-state index contributed by atoms with van der Waals surface area (Å²) in [6, 6.07) is 6.02. The molecule has 0 aromatic heterocycles. The average molecular weight is 276 g/mol. The first-order chi connectivity index (χ1) is 9.74. The predicted molar refractivity (Wildman–Crippen MR) is 75.0 cm³/mol. The predicted octanol–water partition coefficient (Wildman–Crippen LogP) is 1.03. The van der Waals surface area contributed by atoms with E-state index in [1.54, 1.807) is 0 Å². The van der Waals surface area contributed by atoms with Gasteiger partial charge in [0.2, 0.25) is 0 Å². The molecule has 0 aliphatic carbocycles. The summed E-state index contributed by atoms with van der Waals surface area (Å²) in [6.07, 6.45) is 0. The van der Waals surface area contributed by atoms with Gasteiger partial charge >= 0.3 is 0 Å². The zero-order valence-corrected chi connectivity index (χ0v) is 11.7. The second-order valence-electron chi connectivity index (χ2n) is 5.32. The number of morpholine rings is 1. The van der Waals surface area contributed by atoms with Crippen LogP contribution in [0.2, 0.25) is 0 Å². The van der Waals surface area contributed by atoms with E-state index in [0.717, 1.165) is 23.4 Å². The molecule has 1 aromatic carbocycles. The van der Waals surface area contributed by atoms with Crippen LogP contribution in [-0.2, 0) is 11.3 Å². The van der Waals surface area contributed by atoms with Gasteiger partial charge in [-0.25, -0.2) is 0 Å². The minimum atomic E-state index is 0.0772. The van der Waals surface area contributed by atoms with E-state index in [4.69, 9.17) is 9.47 Å².